The van der Waals surface area contributed by atoms with Crippen molar-refractivity contribution in [2.45, 2.75) is 25.1 Å². The number of nitrogens with zero attached hydrogens (tertiary/aromatic N) is 3. The number of pyridine rings is 1. The van der Waals surface area contributed by atoms with Gasteiger partial charge >= 0.3 is 0 Å². The van der Waals surface area contributed by atoms with Gasteiger partial charge in [0, 0.05) is 44.5 Å². The highest BCUT2D eigenvalue weighted by molar-refractivity contribution is 5.42. The van der Waals surface area contributed by atoms with Gasteiger partial charge in [0.05, 0.1) is 6.10 Å². The zero-order valence-electron chi connectivity index (χ0n) is 12.0. The van der Waals surface area contributed by atoms with Crippen LogP contribution in [0.1, 0.15) is 12.0 Å². The van der Waals surface area contributed by atoms with Crippen molar-refractivity contribution in [2.75, 3.05) is 39.5 Å². The van der Waals surface area contributed by atoms with Crippen molar-refractivity contribution in [3.63, 3.8) is 0 Å². The topological polar surface area (TPSA) is 51.6 Å². The molecule has 1 aliphatic rings. The van der Waals surface area contributed by atoms with Gasteiger partial charge in [0.15, 0.2) is 0 Å². The zero-order chi connectivity index (χ0) is 13.8. The van der Waals surface area contributed by atoms with E-state index in [1.165, 1.54) is 5.56 Å². The van der Waals surface area contributed by atoms with Gasteiger partial charge in [-0.1, -0.05) is 6.07 Å². The Morgan fingerprint density at radius 3 is 3.00 bits per heavy atom. The fourth-order valence-electron chi connectivity index (χ4n) is 2.77. The van der Waals surface area contributed by atoms with Crippen LogP contribution in [0, 0.1) is 0 Å². The van der Waals surface area contributed by atoms with Crippen LogP contribution in [0.4, 0.5) is 5.82 Å². The second-order valence-electron chi connectivity index (χ2n) is 5.50. The van der Waals surface area contributed by atoms with Crippen molar-refractivity contribution in [3.8, 4) is 0 Å². The molecular formula is C14H24N4O. The van der Waals surface area contributed by atoms with E-state index in [1.54, 1.807) is 6.20 Å². The summed E-state index contributed by atoms with van der Waals surface area (Å²) in [7, 11) is 6.04. The quantitative estimate of drug-likeness (QED) is 0.816. The van der Waals surface area contributed by atoms with Crippen LogP contribution in [0.15, 0.2) is 18.3 Å². The second kappa shape index (κ2) is 6.32. The lowest BCUT2D eigenvalue weighted by Gasteiger charge is -2.27. The predicted molar refractivity (Wildman–Crippen MR) is 77.2 cm³/mol. The molecule has 106 valence electrons. The SMILES string of the molecule is CNc1ncccc1CN1CC(O)CC1CN(C)C. The molecule has 0 saturated carbocycles. The minimum atomic E-state index is -0.209. The van der Waals surface area contributed by atoms with E-state index in [0.717, 1.165) is 31.9 Å². The highest BCUT2D eigenvalue weighted by Gasteiger charge is 2.31. The standard InChI is InChI=1S/C14H24N4O/c1-15-14-11(5-4-6-16-14)8-18-10-13(19)7-12(18)9-17(2)3/h4-6,12-13,19H,7-10H2,1-3H3,(H,15,16). The van der Waals surface area contributed by atoms with Gasteiger partial charge in [-0.05, 0) is 26.6 Å². The Morgan fingerprint density at radius 1 is 1.53 bits per heavy atom. The molecule has 0 spiro atoms. The Bertz CT molecular complexity index is 410. The van der Waals surface area contributed by atoms with Crippen LogP contribution in [-0.2, 0) is 6.54 Å². The van der Waals surface area contributed by atoms with E-state index >= 15 is 0 Å². The number of hydrogen-bond donors (Lipinski definition) is 2. The maximum atomic E-state index is 9.90. The molecule has 19 heavy (non-hydrogen) atoms. The van der Waals surface area contributed by atoms with Gasteiger partial charge in [0.25, 0.3) is 0 Å². The molecule has 1 fully saturated rings. The molecule has 2 heterocycles. The number of rotatable bonds is 5. The van der Waals surface area contributed by atoms with Crippen LogP contribution in [0.2, 0.25) is 0 Å². The molecule has 0 bridgehead atoms. The van der Waals surface area contributed by atoms with Crippen molar-refractivity contribution >= 4 is 5.82 Å². The third-order valence-electron chi connectivity index (χ3n) is 3.58. The highest BCUT2D eigenvalue weighted by Crippen LogP contribution is 2.23. The van der Waals surface area contributed by atoms with Crippen molar-refractivity contribution < 1.29 is 5.11 Å². The summed E-state index contributed by atoms with van der Waals surface area (Å²) in [6, 6.07) is 4.47. The molecule has 5 heteroatoms. The molecule has 2 rings (SSSR count). The average molecular weight is 264 g/mol. The van der Waals surface area contributed by atoms with E-state index in [9.17, 15) is 5.11 Å². The van der Waals surface area contributed by atoms with E-state index in [0.29, 0.717) is 6.04 Å². The smallest absolute Gasteiger partial charge is 0.130 e. The second-order valence-corrected chi connectivity index (χ2v) is 5.50. The Morgan fingerprint density at radius 2 is 2.32 bits per heavy atom. The van der Waals surface area contributed by atoms with Crippen LogP contribution < -0.4 is 5.32 Å². The summed E-state index contributed by atoms with van der Waals surface area (Å²) < 4.78 is 0. The Labute approximate surface area is 115 Å². The molecule has 5 nitrogen and oxygen atoms in total. The summed E-state index contributed by atoms with van der Waals surface area (Å²) in [4.78, 5) is 8.86. The van der Waals surface area contributed by atoms with Crippen LogP contribution in [0.3, 0.4) is 0 Å². The van der Waals surface area contributed by atoms with E-state index in [1.807, 2.05) is 13.1 Å². The largest absolute Gasteiger partial charge is 0.392 e. The van der Waals surface area contributed by atoms with Crippen LogP contribution in [0.25, 0.3) is 0 Å². The van der Waals surface area contributed by atoms with Crippen molar-refractivity contribution in [3.05, 3.63) is 23.9 Å². The highest BCUT2D eigenvalue weighted by atomic mass is 16.3. The number of nitrogens with one attached hydrogen (secondary N) is 1. The first-order valence-electron chi connectivity index (χ1n) is 6.78. The van der Waals surface area contributed by atoms with Crippen LogP contribution in [-0.4, -0.2) is 66.3 Å². The lowest BCUT2D eigenvalue weighted by Crippen LogP contribution is -2.37. The van der Waals surface area contributed by atoms with Gasteiger partial charge < -0.3 is 15.3 Å². The Kier molecular flexibility index (Phi) is 4.74. The Hall–Kier alpha value is -1.17. The first-order valence-corrected chi connectivity index (χ1v) is 6.78. The van der Waals surface area contributed by atoms with Crippen molar-refractivity contribution in [1.29, 1.82) is 0 Å². The molecule has 1 saturated heterocycles. The molecule has 0 amide bonds. The molecule has 1 aliphatic heterocycles. The molecule has 1 aromatic rings. The molecular weight excluding hydrogens is 240 g/mol. The third kappa shape index (κ3) is 3.65. The molecule has 0 radical (unpaired) electrons. The number of likely N-dealkylation sites (N-methyl/N-ethyl adjacent to an activating group) is 1. The molecule has 2 N–H and O–H groups in total. The molecule has 2 atom stereocenters. The lowest BCUT2D eigenvalue weighted by atomic mass is 10.1. The van der Waals surface area contributed by atoms with E-state index in [-0.39, 0.29) is 6.10 Å². The summed E-state index contributed by atoms with van der Waals surface area (Å²) in [5.74, 6) is 0.924. The van der Waals surface area contributed by atoms with Gasteiger partial charge in [-0.3, -0.25) is 4.90 Å². The molecule has 2 unspecified atom stereocenters. The van der Waals surface area contributed by atoms with Gasteiger partial charge in [-0.15, -0.1) is 0 Å². The minimum Gasteiger partial charge on any atom is -0.392 e. The molecule has 1 aromatic heterocycles. The number of aliphatic hydroxyl groups excluding tert-OH is 1. The lowest BCUT2D eigenvalue weighted by molar-refractivity contribution is 0.169. The number of likely N-dealkylation sites (tertiary alicyclic amines) is 1. The minimum absolute atomic E-state index is 0.209. The average Bonchev–Trinajstić information content (AvgIpc) is 2.69. The van der Waals surface area contributed by atoms with E-state index < -0.39 is 0 Å². The van der Waals surface area contributed by atoms with Gasteiger partial charge in [0.1, 0.15) is 5.82 Å². The number of hydrogen-bond acceptors (Lipinski definition) is 5. The first kappa shape index (κ1) is 14.2. The normalized spacial score (nSPS) is 24.1. The van der Waals surface area contributed by atoms with Crippen LogP contribution >= 0.6 is 0 Å². The summed E-state index contributed by atoms with van der Waals surface area (Å²) >= 11 is 0. The number of aromatic nitrogens is 1. The summed E-state index contributed by atoms with van der Waals surface area (Å²) in [6.07, 6.45) is 2.44. The predicted octanol–water partition coefficient (Wildman–Crippen LogP) is 0.620. The van der Waals surface area contributed by atoms with E-state index in [4.69, 9.17) is 0 Å². The zero-order valence-corrected chi connectivity index (χ0v) is 12.0. The fraction of sp³-hybridized carbons (Fsp3) is 0.643. The van der Waals surface area contributed by atoms with Gasteiger partial charge in [-0.25, -0.2) is 4.98 Å². The maximum Gasteiger partial charge on any atom is 0.130 e. The van der Waals surface area contributed by atoms with Crippen LogP contribution in [0.5, 0.6) is 0 Å². The Balaban J connectivity index is 2.07. The van der Waals surface area contributed by atoms with Crippen molar-refractivity contribution in [1.82, 2.24) is 14.8 Å². The number of anilines is 1. The maximum absolute atomic E-state index is 9.90. The van der Waals surface area contributed by atoms with Gasteiger partial charge in [-0.2, -0.15) is 0 Å². The summed E-state index contributed by atoms with van der Waals surface area (Å²) in [6.45, 7) is 2.56. The molecule has 0 aromatic carbocycles. The number of β-amino-alcohol motifs (C(OH)–C–C–N with tert-alkyl or cyclic N) is 1. The third-order valence-corrected chi connectivity index (χ3v) is 3.58. The molecule has 0 aliphatic carbocycles. The fourth-order valence-corrected chi connectivity index (χ4v) is 2.77. The van der Waals surface area contributed by atoms with Gasteiger partial charge in [0.2, 0.25) is 0 Å². The first-order chi connectivity index (χ1) is 9.10. The summed E-state index contributed by atoms with van der Waals surface area (Å²) in [5, 5.41) is 13.0. The monoisotopic (exact) mass is 264 g/mol. The number of aliphatic hydroxyl groups is 1. The summed E-state index contributed by atoms with van der Waals surface area (Å²) in [5.41, 5.74) is 1.18. The van der Waals surface area contributed by atoms with E-state index in [2.05, 4.69) is 40.3 Å². The van der Waals surface area contributed by atoms with Crippen molar-refractivity contribution in [2.24, 2.45) is 0 Å².